The van der Waals surface area contributed by atoms with Crippen LogP contribution in [0.1, 0.15) is 35.5 Å². The summed E-state index contributed by atoms with van der Waals surface area (Å²) >= 11 is 6.32. The summed E-state index contributed by atoms with van der Waals surface area (Å²) in [5.74, 6) is -0.352. The van der Waals surface area contributed by atoms with Crippen molar-refractivity contribution in [3.05, 3.63) is 73.1 Å². The van der Waals surface area contributed by atoms with Gasteiger partial charge in [-0.25, -0.2) is 9.59 Å². The molecule has 198 valence electrons. The number of halogens is 1. The number of methoxy groups -OCH3 is 1. The number of nitrogens with one attached hydrogen (secondary N) is 1. The smallest absolute Gasteiger partial charge is 0.339 e. The Morgan fingerprint density at radius 1 is 1.18 bits per heavy atom. The molecule has 5 aromatic rings. The van der Waals surface area contributed by atoms with Crippen molar-refractivity contribution >= 4 is 39.5 Å². The summed E-state index contributed by atoms with van der Waals surface area (Å²) in [7, 11) is 4.58. The number of H-pyrrole nitrogens is 1. The normalized spacial score (nSPS) is 11.8. The van der Waals surface area contributed by atoms with Crippen molar-refractivity contribution in [2.45, 2.75) is 33.9 Å². The third-order valence-electron chi connectivity index (χ3n) is 6.83. The fourth-order valence-electron chi connectivity index (χ4n) is 5.00. The number of hydrogen-bond acceptors (Lipinski definition) is 5. The molecule has 4 heterocycles. The second-order valence-corrected chi connectivity index (χ2v) is 10.4. The number of esters is 1. The lowest BCUT2D eigenvalue weighted by Gasteiger charge is -2.11. The fraction of sp³-hybridized carbons (Fsp3) is 0.333. The van der Waals surface area contributed by atoms with Crippen LogP contribution in [0.5, 0.6) is 0 Å². The number of ether oxygens (including phenoxy) is 1. The molecular formula is C27H29ClN6O4. The Kier molecular flexibility index (Phi) is 6.30. The standard InChI is InChI=1S/C27H29ClN6O4/c1-14(2)11-33-24-22(25(35)32(5)27(33)37)23(21-9-16(12-31(21)4)26(36)38-6)34(30-24)13-19-15(3)29-20-8-7-17(28)10-18(19)20/h7-10,12,14,29H,11,13H2,1-6H3. The van der Waals surface area contributed by atoms with Crippen LogP contribution < -0.4 is 11.2 Å². The van der Waals surface area contributed by atoms with Crippen molar-refractivity contribution in [1.29, 1.82) is 0 Å². The molecule has 0 atom stereocenters. The minimum absolute atomic E-state index is 0.140. The zero-order chi connectivity index (χ0) is 27.5. The zero-order valence-corrected chi connectivity index (χ0v) is 22.9. The Morgan fingerprint density at radius 3 is 2.61 bits per heavy atom. The van der Waals surface area contributed by atoms with Crippen molar-refractivity contribution in [2.75, 3.05) is 7.11 Å². The van der Waals surface area contributed by atoms with Crippen molar-refractivity contribution in [3.8, 4) is 11.4 Å². The lowest BCUT2D eigenvalue weighted by Crippen LogP contribution is -2.38. The first-order valence-electron chi connectivity index (χ1n) is 12.2. The van der Waals surface area contributed by atoms with Crippen LogP contribution in [0.25, 0.3) is 33.3 Å². The second-order valence-electron chi connectivity index (χ2n) is 9.99. The summed E-state index contributed by atoms with van der Waals surface area (Å²) in [6, 6.07) is 7.31. The number of aromatic amines is 1. The molecule has 0 aliphatic rings. The average Bonchev–Trinajstić information content (AvgIpc) is 3.53. The molecule has 0 radical (unpaired) electrons. The molecule has 11 heteroatoms. The number of benzene rings is 1. The first-order valence-corrected chi connectivity index (χ1v) is 12.6. The SMILES string of the molecule is COC(=O)c1cc(-c2c3c(=O)n(C)c(=O)n(CC(C)C)c3nn2Cc2c(C)[nH]c3ccc(Cl)cc23)n(C)c1. The van der Waals surface area contributed by atoms with Crippen LogP contribution in [0, 0.1) is 12.8 Å². The van der Waals surface area contributed by atoms with E-state index >= 15 is 0 Å². The van der Waals surface area contributed by atoms with Gasteiger partial charge in [-0.05, 0) is 37.1 Å². The van der Waals surface area contributed by atoms with Gasteiger partial charge in [0.05, 0.1) is 24.9 Å². The second kappa shape index (κ2) is 9.36. The molecule has 0 saturated heterocycles. The first kappa shape index (κ1) is 25.6. The molecular weight excluding hydrogens is 508 g/mol. The van der Waals surface area contributed by atoms with Crippen LogP contribution in [0.2, 0.25) is 5.02 Å². The summed E-state index contributed by atoms with van der Waals surface area (Å²) in [6.45, 7) is 6.66. The molecule has 0 fully saturated rings. The van der Waals surface area contributed by atoms with E-state index in [0.717, 1.165) is 26.7 Å². The van der Waals surface area contributed by atoms with Gasteiger partial charge in [0, 0.05) is 54.0 Å². The summed E-state index contributed by atoms with van der Waals surface area (Å²) < 4.78 is 11.1. The molecule has 0 amide bonds. The van der Waals surface area contributed by atoms with Gasteiger partial charge in [-0.1, -0.05) is 25.4 Å². The highest BCUT2D eigenvalue weighted by Gasteiger charge is 2.26. The van der Waals surface area contributed by atoms with E-state index in [-0.39, 0.29) is 5.92 Å². The van der Waals surface area contributed by atoms with E-state index in [1.54, 1.807) is 33.1 Å². The Morgan fingerprint density at radius 2 is 1.92 bits per heavy atom. The molecule has 0 unspecified atom stereocenters. The lowest BCUT2D eigenvalue weighted by atomic mass is 10.1. The van der Waals surface area contributed by atoms with Crippen molar-refractivity contribution in [2.24, 2.45) is 20.0 Å². The van der Waals surface area contributed by atoms with Crippen molar-refractivity contribution in [1.82, 2.24) is 28.5 Å². The number of carbonyl (C=O) groups is 1. The molecule has 1 N–H and O–H groups in total. The van der Waals surface area contributed by atoms with Crippen LogP contribution in [0.4, 0.5) is 0 Å². The topological polar surface area (TPSA) is 109 Å². The molecule has 0 spiro atoms. The van der Waals surface area contributed by atoms with Gasteiger partial charge in [-0.3, -0.25) is 18.6 Å². The number of rotatable bonds is 6. The molecule has 38 heavy (non-hydrogen) atoms. The van der Waals surface area contributed by atoms with E-state index in [2.05, 4.69) is 4.98 Å². The molecule has 0 aliphatic carbocycles. The maximum Gasteiger partial charge on any atom is 0.339 e. The molecule has 4 aromatic heterocycles. The van der Waals surface area contributed by atoms with Crippen LogP contribution in [0.3, 0.4) is 0 Å². The van der Waals surface area contributed by atoms with Gasteiger partial charge in [-0.15, -0.1) is 0 Å². The largest absolute Gasteiger partial charge is 0.465 e. The summed E-state index contributed by atoms with van der Waals surface area (Å²) in [4.78, 5) is 42.5. The van der Waals surface area contributed by atoms with Crippen LogP contribution in [-0.2, 0) is 31.9 Å². The third kappa shape index (κ3) is 4.05. The average molecular weight is 537 g/mol. The quantitative estimate of drug-likeness (QED) is 0.332. The monoisotopic (exact) mass is 536 g/mol. The summed E-state index contributed by atoms with van der Waals surface area (Å²) in [5, 5.41) is 6.71. The van der Waals surface area contributed by atoms with Gasteiger partial charge in [0.2, 0.25) is 0 Å². The van der Waals surface area contributed by atoms with E-state index in [1.807, 2.05) is 39.0 Å². The number of aryl methyl sites for hydroxylation is 2. The number of hydrogen-bond donors (Lipinski definition) is 1. The number of aromatic nitrogens is 6. The fourth-order valence-corrected chi connectivity index (χ4v) is 5.18. The Balaban J connectivity index is 1.87. The highest BCUT2D eigenvalue weighted by Crippen LogP contribution is 2.31. The van der Waals surface area contributed by atoms with Crippen LogP contribution in [0.15, 0.2) is 40.1 Å². The molecule has 0 aliphatic heterocycles. The van der Waals surface area contributed by atoms with Crippen molar-refractivity contribution < 1.29 is 9.53 Å². The first-order chi connectivity index (χ1) is 18.0. The molecule has 1 aromatic carbocycles. The predicted octanol–water partition coefficient (Wildman–Crippen LogP) is 3.84. The highest BCUT2D eigenvalue weighted by molar-refractivity contribution is 6.31. The number of carbonyl (C=O) groups excluding carboxylic acids is 1. The van der Waals surface area contributed by atoms with Gasteiger partial charge in [0.15, 0.2) is 5.65 Å². The molecule has 5 rings (SSSR count). The van der Waals surface area contributed by atoms with E-state index in [4.69, 9.17) is 21.4 Å². The number of fused-ring (bicyclic) bond motifs is 2. The van der Waals surface area contributed by atoms with Crippen LogP contribution in [-0.4, -0.2) is 41.5 Å². The van der Waals surface area contributed by atoms with Gasteiger partial charge in [0.25, 0.3) is 5.56 Å². The molecule has 0 bridgehead atoms. The summed E-state index contributed by atoms with van der Waals surface area (Å²) in [6.07, 6.45) is 1.65. The van der Waals surface area contributed by atoms with Gasteiger partial charge < -0.3 is 14.3 Å². The van der Waals surface area contributed by atoms with E-state index in [0.29, 0.717) is 46.1 Å². The Labute approximate surface area is 223 Å². The summed E-state index contributed by atoms with van der Waals surface area (Å²) in [5.41, 5.74) is 3.68. The number of nitrogens with zero attached hydrogens (tertiary/aromatic N) is 5. The molecule has 0 saturated carbocycles. The van der Waals surface area contributed by atoms with E-state index in [1.165, 1.54) is 14.2 Å². The maximum atomic E-state index is 13.6. The van der Waals surface area contributed by atoms with Gasteiger partial charge in [-0.2, -0.15) is 5.10 Å². The van der Waals surface area contributed by atoms with Crippen LogP contribution >= 0.6 is 11.6 Å². The maximum absolute atomic E-state index is 13.6. The Hall–Kier alpha value is -4.05. The van der Waals surface area contributed by atoms with Crippen molar-refractivity contribution in [3.63, 3.8) is 0 Å². The van der Waals surface area contributed by atoms with E-state index in [9.17, 15) is 14.4 Å². The zero-order valence-electron chi connectivity index (χ0n) is 22.1. The molecule has 10 nitrogen and oxygen atoms in total. The predicted molar refractivity (Wildman–Crippen MR) is 147 cm³/mol. The highest BCUT2D eigenvalue weighted by atomic mass is 35.5. The third-order valence-corrected chi connectivity index (χ3v) is 7.07. The minimum atomic E-state index is -0.492. The Bertz CT molecular complexity index is 1850. The van der Waals surface area contributed by atoms with Gasteiger partial charge in [0.1, 0.15) is 11.1 Å². The minimum Gasteiger partial charge on any atom is -0.465 e. The van der Waals surface area contributed by atoms with Gasteiger partial charge >= 0.3 is 11.7 Å². The lowest BCUT2D eigenvalue weighted by molar-refractivity contribution is 0.0600. The van der Waals surface area contributed by atoms with E-state index < -0.39 is 17.2 Å².